The molecule has 0 aromatic rings. The maximum Gasteiger partial charge on any atom is 0.0158 e. The highest BCUT2D eigenvalue weighted by molar-refractivity contribution is 7.99. The summed E-state index contributed by atoms with van der Waals surface area (Å²) < 4.78 is 0. The van der Waals surface area contributed by atoms with Gasteiger partial charge in [0.15, 0.2) is 0 Å². The molecule has 0 bridgehead atoms. The highest BCUT2D eigenvalue weighted by Gasteiger charge is 2.11. The van der Waals surface area contributed by atoms with E-state index >= 15 is 0 Å². The Balaban J connectivity index is 1.92. The molecule has 1 saturated heterocycles. The van der Waals surface area contributed by atoms with E-state index in [-0.39, 0.29) is 0 Å². The summed E-state index contributed by atoms with van der Waals surface area (Å²) in [5, 5.41) is 3.57. The minimum absolute atomic E-state index is 0.793. The van der Waals surface area contributed by atoms with Gasteiger partial charge in [0.2, 0.25) is 0 Å². The van der Waals surface area contributed by atoms with Crippen LogP contribution in [0.5, 0.6) is 0 Å². The molecule has 3 heteroatoms. The molecular weight excluding hydrogens is 180 g/mol. The second kappa shape index (κ2) is 6.68. The van der Waals surface area contributed by atoms with Crippen LogP contribution in [0.2, 0.25) is 0 Å². The summed E-state index contributed by atoms with van der Waals surface area (Å²) in [6, 6.07) is 0.793. The average Bonchev–Trinajstić information content (AvgIpc) is 2.14. The number of thioether (sulfide) groups is 1. The second-order valence-corrected chi connectivity index (χ2v) is 5.17. The molecule has 1 aliphatic heterocycles. The molecule has 1 atom stereocenters. The quantitative estimate of drug-likeness (QED) is 0.679. The topological polar surface area (TPSA) is 15.3 Å². The number of rotatable bonds is 5. The summed E-state index contributed by atoms with van der Waals surface area (Å²) in [7, 11) is 4.28. The Hall–Kier alpha value is 0.270. The van der Waals surface area contributed by atoms with Crippen LogP contribution in [0.1, 0.15) is 19.3 Å². The lowest BCUT2D eigenvalue weighted by Crippen LogP contribution is -2.36. The van der Waals surface area contributed by atoms with E-state index in [0.29, 0.717) is 0 Å². The highest BCUT2D eigenvalue weighted by atomic mass is 32.2. The Bertz CT molecular complexity index is 122. The van der Waals surface area contributed by atoms with E-state index in [9.17, 15) is 0 Å². The predicted octanol–water partition coefficient (Wildman–Crippen LogP) is 1.42. The van der Waals surface area contributed by atoms with Crippen molar-refractivity contribution in [2.24, 2.45) is 0 Å². The summed E-state index contributed by atoms with van der Waals surface area (Å²) >= 11 is 2.08. The van der Waals surface area contributed by atoms with Gasteiger partial charge < -0.3 is 10.2 Å². The third-order valence-corrected chi connectivity index (χ3v) is 3.52. The molecule has 0 amide bonds. The number of hydrogen-bond donors (Lipinski definition) is 1. The largest absolute Gasteiger partial charge is 0.313 e. The van der Waals surface area contributed by atoms with Crippen LogP contribution in [0.15, 0.2) is 0 Å². The molecular formula is C10H22N2S. The number of nitrogens with zero attached hydrogens (tertiary/aromatic N) is 1. The first-order chi connectivity index (χ1) is 6.29. The van der Waals surface area contributed by atoms with Crippen LogP contribution in [0.25, 0.3) is 0 Å². The van der Waals surface area contributed by atoms with E-state index in [1.165, 1.54) is 43.9 Å². The summed E-state index contributed by atoms with van der Waals surface area (Å²) in [4.78, 5) is 2.25. The van der Waals surface area contributed by atoms with Gasteiger partial charge >= 0.3 is 0 Å². The summed E-state index contributed by atoms with van der Waals surface area (Å²) in [6.45, 7) is 2.44. The van der Waals surface area contributed by atoms with E-state index in [1.54, 1.807) is 0 Å². The summed E-state index contributed by atoms with van der Waals surface area (Å²) in [5.74, 6) is 2.57. The van der Waals surface area contributed by atoms with E-state index in [4.69, 9.17) is 0 Å². The van der Waals surface area contributed by atoms with E-state index in [0.717, 1.165) is 6.04 Å². The lowest BCUT2D eigenvalue weighted by atomic mass is 10.1. The van der Waals surface area contributed by atoms with Crippen molar-refractivity contribution < 1.29 is 0 Å². The molecule has 1 fully saturated rings. The van der Waals surface area contributed by atoms with Gasteiger partial charge in [-0.25, -0.2) is 0 Å². The second-order valence-electron chi connectivity index (χ2n) is 4.03. The van der Waals surface area contributed by atoms with Crippen LogP contribution in [0.4, 0.5) is 0 Å². The van der Waals surface area contributed by atoms with Crippen molar-refractivity contribution in [3.8, 4) is 0 Å². The third-order valence-electron chi connectivity index (χ3n) is 2.41. The molecule has 78 valence electrons. The zero-order valence-corrected chi connectivity index (χ0v) is 9.70. The van der Waals surface area contributed by atoms with Gasteiger partial charge in [-0.1, -0.05) is 6.42 Å². The zero-order valence-electron chi connectivity index (χ0n) is 8.88. The Morgan fingerprint density at radius 3 is 2.85 bits per heavy atom. The van der Waals surface area contributed by atoms with Gasteiger partial charge in [0.05, 0.1) is 0 Å². The van der Waals surface area contributed by atoms with Crippen LogP contribution < -0.4 is 5.32 Å². The van der Waals surface area contributed by atoms with Crippen molar-refractivity contribution in [3.63, 3.8) is 0 Å². The minimum Gasteiger partial charge on any atom is -0.313 e. The van der Waals surface area contributed by atoms with Crippen molar-refractivity contribution >= 4 is 11.8 Å². The monoisotopic (exact) mass is 202 g/mol. The van der Waals surface area contributed by atoms with Crippen LogP contribution in [0, 0.1) is 0 Å². The lowest BCUT2D eigenvalue weighted by molar-refractivity contribution is 0.427. The van der Waals surface area contributed by atoms with E-state index in [1.807, 2.05) is 0 Å². The smallest absolute Gasteiger partial charge is 0.0158 e. The minimum atomic E-state index is 0.793. The molecule has 1 heterocycles. The van der Waals surface area contributed by atoms with E-state index < -0.39 is 0 Å². The lowest BCUT2D eigenvalue weighted by Gasteiger charge is -2.23. The first kappa shape index (κ1) is 11.3. The van der Waals surface area contributed by atoms with Crippen LogP contribution >= 0.6 is 11.8 Å². The van der Waals surface area contributed by atoms with Crippen LogP contribution in [-0.4, -0.2) is 49.6 Å². The first-order valence-electron chi connectivity index (χ1n) is 5.25. The van der Waals surface area contributed by atoms with Gasteiger partial charge in [0.1, 0.15) is 0 Å². The fourth-order valence-corrected chi connectivity index (χ4v) is 2.77. The molecule has 0 radical (unpaired) electrons. The fraction of sp³-hybridized carbons (Fsp3) is 1.00. The summed E-state index contributed by atoms with van der Waals surface area (Å²) in [5.41, 5.74) is 0. The van der Waals surface area contributed by atoms with Crippen molar-refractivity contribution in [1.29, 1.82) is 0 Å². The SMILES string of the molecule is CN(C)CCSCC1CCCCN1. The van der Waals surface area contributed by atoms with Crippen molar-refractivity contribution in [2.75, 3.05) is 38.7 Å². The molecule has 1 rings (SSSR count). The molecule has 0 saturated carbocycles. The average molecular weight is 202 g/mol. The standard InChI is InChI=1S/C10H22N2S/c1-12(2)7-8-13-9-10-5-3-4-6-11-10/h10-11H,3-9H2,1-2H3. The predicted molar refractivity (Wildman–Crippen MR) is 61.5 cm³/mol. The maximum absolute atomic E-state index is 3.57. The van der Waals surface area contributed by atoms with Gasteiger partial charge in [0, 0.05) is 24.1 Å². The number of hydrogen-bond acceptors (Lipinski definition) is 3. The molecule has 0 spiro atoms. The Labute approximate surface area is 86.5 Å². The Kier molecular flexibility index (Phi) is 5.83. The van der Waals surface area contributed by atoms with Crippen molar-refractivity contribution in [1.82, 2.24) is 10.2 Å². The van der Waals surface area contributed by atoms with Crippen molar-refractivity contribution in [2.45, 2.75) is 25.3 Å². The molecule has 1 N–H and O–H groups in total. The van der Waals surface area contributed by atoms with Gasteiger partial charge in [-0.15, -0.1) is 0 Å². The normalized spacial score (nSPS) is 23.8. The third kappa shape index (κ3) is 5.55. The molecule has 0 aromatic carbocycles. The fourth-order valence-electron chi connectivity index (χ4n) is 1.54. The van der Waals surface area contributed by atoms with Gasteiger partial charge in [0.25, 0.3) is 0 Å². The zero-order chi connectivity index (χ0) is 9.52. The number of piperidine rings is 1. The van der Waals surface area contributed by atoms with Gasteiger partial charge in [-0.3, -0.25) is 0 Å². The molecule has 0 aromatic heterocycles. The molecule has 2 nitrogen and oxygen atoms in total. The van der Waals surface area contributed by atoms with Crippen molar-refractivity contribution in [3.05, 3.63) is 0 Å². The number of nitrogens with one attached hydrogen (secondary N) is 1. The Morgan fingerprint density at radius 1 is 1.38 bits per heavy atom. The molecule has 0 aliphatic carbocycles. The van der Waals surface area contributed by atoms with Crippen LogP contribution in [0.3, 0.4) is 0 Å². The van der Waals surface area contributed by atoms with Crippen LogP contribution in [-0.2, 0) is 0 Å². The van der Waals surface area contributed by atoms with Gasteiger partial charge in [-0.2, -0.15) is 11.8 Å². The summed E-state index contributed by atoms with van der Waals surface area (Å²) in [6.07, 6.45) is 4.18. The molecule has 1 aliphatic rings. The molecule has 1 unspecified atom stereocenters. The first-order valence-corrected chi connectivity index (χ1v) is 6.40. The van der Waals surface area contributed by atoms with E-state index in [2.05, 4.69) is 36.1 Å². The van der Waals surface area contributed by atoms with Gasteiger partial charge in [-0.05, 0) is 33.5 Å². The molecule has 13 heavy (non-hydrogen) atoms. The maximum atomic E-state index is 3.57. The highest BCUT2D eigenvalue weighted by Crippen LogP contribution is 2.12. The Morgan fingerprint density at radius 2 is 2.23 bits per heavy atom.